The molecule has 1 aromatic heterocycles. The lowest BCUT2D eigenvalue weighted by Gasteiger charge is -2.22. The van der Waals surface area contributed by atoms with Gasteiger partial charge in [-0.15, -0.1) is 0 Å². The molecule has 4 N–H and O–H groups in total. The summed E-state index contributed by atoms with van der Waals surface area (Å²) in [6.45, 7) is 1.24. The number of nitrogens with zero attached hydrogens (tertiary/aromatic N) is 1. The van der Waals surface area contributed by atoms with E-state index in [-0.39, 0.29) is 18.4 Å². The molecule has 1 heterocycles. The van der Waals surface area contributed by atoms with Gasteiger partial charge in [-0.1, -0.05) is 35.9 Å². The van der Waals surface area contributed by atoms with E-state index < -0.39 is 35.6 Å². The molecule has 2 aromatic rings. The summed E-state index contributed by atoms with van der Waals surface area (Å²) in [5.74, 6) is -2.36. The molecule has 0 saturated carbocycles. The number of amides is 3. The molecule has 148 valence electrons. The first kappa shape index (κ1) is 21.3. The summed E-state index contributed by atoms with van der Waals surface area (Å²) in [6.07, 6.45) is 1.48. The Balaban J connectivity index is 2.14. The van der Waals surface area contributed by atoms with E-state index in [4.69, 9.17) is 17.3 Å². The summed E-state index contributed by atoms with van der Waals surface area (Å²) >= 11 is 5.73. The van der Waals surface area contributed by atoms with Gasteiger partial charge in [0, 0.05) is 26.0 Å². The maximum absolute atomic E-state index is 13.9. The van der Waals surface area contributed by atoms with Crippen LogP contribution < -0.4 is 16.4 Å². The number of primary amides is 1. The van der Waals surface area contributed by atoms with Crippen LogP contribution in [0.25, 0.3) is 0 Å². The van der Waals surface area contributed by atoms with Gasteiger partial charge in [0.05, 0.1) is 0 Å². The van der Waals surface area contributed by atoms with E-state index in [9.17, 15) is 18.8 Å². The van der Waals surface area contributed by atoms with Crippen LogP contribution in [-0.4, -0.2) is 34.8 Å². The Morgan fingerprint density at radius 2 is 1.82 bits per heavy atom. The van der Waals surface area contributed by atoms with Crippen LogP contribution in [0.4, 0.5) is 4.39 Å². The number of aromatic nitrogens is 1. The molecule has 0 bridgehead atoms. The van der Waals surface area contributed by atoms with Crippen molar-refractivity contribution in [2.75, 3.05) is 0 Å². The Bertz CT molecular complexity index is 861. The summed E-state index contributed by atoms with van der Waals surface area (Å²) in [4.78, 5) is 39.8. The molecule has 2 atom stereocenters. The topological polar surface area (TPSA) is 114 Å². The molecular weight excluding hydrogens is 387 g/mol. The molecule has 9 heteroatoms. The highest BCUT2D eigenvalue weighted by Crippen LogP contribution is 2.11. The van der Waals surface area contributed by atoms with Crippen molar-refractivity contribution >= 4 is 29.3 Å². The Morgan fingerprint density at radius 3 is 2.39 bits per heavy atom. The first-order valence-electron chi connectivity index (χ1n) is 8.47. The van der Waals surface area contributed by atoms with E-state index >= 15 is 0 Å². The molecule has 1 aromatic carbocycles. The molecule has 0 unspecified atom stereocenters. The van der Waals surface area contributed by atoms with E-state index in [2.05, 4.69) is 15.6 Å². The van der Waals surface area contributed by atoms with Crippen molar-refractivity contribution in [3.05, 3.63) is 64.7 Å². The molecule has 28 heavy (non-hydrogen) atoms. The quantitative estimate of drug-likeness (QED) is 0.570. The number of carbonyl (C=O) groups is 3. The third-order valence-corrected chi connectivity index (χ3v) is 4.19. The second-order valence-corrected chi connectivity index (χ2v) is 6.59. The van der Waals surface area contributed by atoms with Crippen LogP contribution in [0.1, 0.15) is 18.1 Å². The van der Waals surface area contributed by atoms with Gasteiger partial charge in [0.25, 0.3) is 0 Å². The average Bonchev–Trinajstić information content (AvgIpc) is 2.63. The van der Waals surface area contributed by atoms with Gasteiger partial charge >= 0.3 is 0 Å². The second-order valence-electron chi connectivity index (χ2n) is 6.21. The summed E-state index contributed by atoms with van der Waals surface area (Å²) < 4.78 is 13.9. The number of hydrogen-bond acceptors (Lipinski definition) is 4. The highest BCUT2D eigenvalue weighted by atomic mass is 35.5. The van der Waals surface area contributed by atoms with Gasteiger partial charge in [-0.3, -0.25) is 14.4 Å². The van der Waals surface area contributed by atoms with E-state index in [1.165, 1.54) is 31.3 Å². The van der Waals surface area contributed by atoms with Crippen molar-refractivity contribution in [2.24, 2.45) is 5.73 Å². The number of hydrogen-bond donors (Lipinski definition) is 3. The summed E-state index contributed by atoms with van der Waals surface area (Å²) in [5, 5.41) is 5.28. The minimum Gasteiger partial charge on any atom is -0.368 e. The molecule has 7 nitrogen and oxygen atoms in total. The Hall–Kier alpha value is -3.00. The number of benzene rings is 1. The van der Waals surface area contributed by atoms with Gasteiger partial charge in [-0.05, 0) is 23.3 Å². The predicted octanol–water partition coefficient (Wildman–Crippen LogP) is 1.13. The highest BCUT2D eigenvalue weighted by molar-refractivity contribution is 6.29. The van der Waals surface area contributed by atoms with Crippen LogP contribution in [-0.2, 0) is 27.2 Å². The first-order chi connectivity index (χ1) is 13.3. The average molecular weight is 407 g/mol. The molecule has 0 saturated heterocycles. The molecule has 0 aliphatic carbocycles. The number of carbonyl (C=O) groups excluding carboxylic acids is 3. The van der Waals surface area contributed by atoms with Crippen LogP contribution in [0, 0.1) is 5.82 Å². The van der Waals surface area contributed by atoms with Gasteiger partial charge in [-0.2, -0.15) is 0 Å². The van der Waals surface area contributed by atoms with Crippen molar-refractivity contribution in [3.8, 4) is 0 Å². The smallest absolute Gasteiger partial charge is 0.243 e. The fraction of sp³-hybridized carbons (Fsp3) is 0.263. The zero-order valence-electron chi connectivity index (χ0n) is 15.1. The normalized spacial score (nSPS) is 12.7. The zero-order valence-corrected chi connectivity index (χ0v) is 15.9. The number of rotatable bonds is 8. The van der Waals surface area contributed by atoms with Gasteiger partial charge in [0.15, 0.2) is 0 Å². The van der Waals surface area contributed by atoms with Gasteiger partial charge < -0.3 is 16.4 Å². The Morgan fingerprint density at radius 1 is 1.11 bits per heavy atom. The fourth-order valence-corrected chi connectivity index (χ4v) is 2.71. The van der Waals surface area contributed by atoms with E-state index in [1.54, 1.807) is 18.2 Å². The van der Waals surface area contributed by atoms with Crippen molar-refractivity contribution in [3.63, 3.8) is 0 Å². The van der Waals surface area contributed by atoms with Crippen molar-refractivity contribution in [1.29, 1.82) is 0 Å². The lowest BCUT2D eigenvalue weighted by atomic mass is 10.0. The van der Waals surface area contributed by atoms with Gasteiger partial charge in [-0.25, -0.2) is 9.37 Å². The molecule has 0 aliphatic rings. The fourth-order valence-electron chi connectivity index (χ4n) is 2.60. The largest absolute Gasteiger partial charge is 0.368 e. The van der Waals surface area contributed by atoms with Crippen molar-refractivity contribution < 1.29 is 18.8 Å². The van der Waals surface area contributed by atoms with E-state index in [1.807, 2.05) is 0 Å². The van der Waals surface area contributed by atoms with Crippen LogP contribution in [0.3, 0.4) is 0 Å². The van der Waals surface area contributed by atoms with E-state index in [0.717, 1.165) is 0 Å². The molecule has 0 radical (unpaired) electrons. The van der Waals surface area contributed by atoms with Crippen LogP contribution in [0.15, 0.2) is 42.6 Å². The Labute approximate surface area is 166 Å². The SMILES string of the molecule is CC(=O)N[C@H](Cc1ccccc1F)C(=O)N[C@H](Cc1ccc(Cl)nc1)C(N)=O. The molecule has 0 aliphatic heterocycles. The van der Waals surface area contributed by atoms with Crippen molar-refractivity contribution in [2.45, 2.75) is 31.8 Å². The number of nitrogens with two attached hydrogens (primary N) is 1. The number of pyridine rings is 1. The summed E-state index contributed by atoms with van der Waals surface area (Å²) in [7, 11) is 0. The maximum atomic E-state index is 13.9. The summed E-state index contributed by atoms with van der Waals surface area (Å²) in [5.41, 5.74) is 6.29. The monoisotopic (exact) mass is 406 g/mol. The molecule has 0 spiro atoms. The zero-order chi connectivity index (χ0) is 20.7. The third-order valence-electron chi connectivity index (χ3n) is 3.96. The number of halogens is 2. The number of nitrogens with one attached hydrogen (secondary N) is 2. The Kier molecular flexibility index (Phi) is 7.45. The summed E-state index contributed by atoms with van der Waals surface area (Å²) in [6, 6.07) is 7.03. The molecule has 2 rings (SSSR count). The minimum absolute atomic E-state index is 0.0773. The van der Waals surface area contributed by atoms with Gasteiger partial charge in [0.1, 0.15) is 23.1 Å². The van der Waals surface area contributed by atoms with E-state index in [0.29, 0.717) is 10.7 Å². The lowest BCUT2D eigenvalue weighted by molar-refractivity contribution is -0.130. The maximum Gasteiger partial charge on any atom is 0.243 e. The standard InChI is InChI=1S/C19H20ClFN4O3/c1-11(26)24-16(9-13-4-2-3-5-14(13)21)19(28)25-15(18(22)27)8-12-6-7-17(20)23-10-12/h2-7,10,15-16H,8-9H2,1H3,(H2,22,27)(H,24,26)(H,25,28)/t15-,16-/m1/s1. The van der Waals surface area contributed by atoms with Gasteiger partial charge in [0.2, 0.25) is 17.7 Å². The second kappa shape index (κ2) is 9.80. The highest BCUT2D eigenvalue weighted by Gasteiger charge is 2.26. The first-order valence-corrected chi connectivity index (χ1v) is 8.84. The van der Waals surface area contributed by atoms with Crippen LogP contribution in [0.5, 0.6) is 0 Å². The van der Waals surface area contributed by atoms with Crippen LogP contribution >= 0.6 is 11.6 Å². The van der Waals surface area contributed by atoms with Crippen LogP contribution in [0.2, 0.25) is 5.15 Å². The van der Waals surface area contributed by atoms with Crippen molar-refractivity contribution in [1.82, 2.24) is 15.6 Å². The molecule has 3 amide bonds. The predicted molar refractivity (Wildman–Crippen MR) is 102 cm³/mol. The minimum atomic E-state index is -1.07. The third kappa shape index (κ3) is 6.31. The lowest BCUT2D eigenvalue weighted by Crippen LogP contribution is -2.54. The molecule has 0 fully saturated rings. The molecular formula is C19H20ClFN4O3.